The molecule has 0 heterocycles. The van der Waals surface area contributed by atoms with Crippen LogP contribution in [0.2, 0.25) is 0 Å². The van der Waals surface area contributed by atoms with Crippen molar-refractivity contribution in [1.29, 1.82) is 0 Å². The SMILES string of the molecule is CN(Cc1cccc(F)c1)C(=O)COC(=O)c1cccc([N+](=O)[O-])c1. The number of esters is 1. The van der Waals surface area contributed by atoms with Crippen molar-refractivity contribution in [3.8, 4) is 0 Å². The molecule has 0 aliphatic rings. The number of nitro groups is 1. The number of benzene rings is 2. The van der Waals surface area contributed by atoms with E-state index in [2.05, 4.69) is 0 Å². The van der Waals surface area contributed by atoms with E-state index in [1.807, 2.05) is 0 Å². The number of non-ortho nitro benzene ring substituents is 1. The zero-order valence-corrected chi connectivity index (χ0v) is 13.3. The van der Waals surface area contributed by atoms with E-state index >= 15 is 0 Å². The Morgan fingerprint density at radius 3 is 2.60 bits per heavy atom. The highest BCUT2D eigenvalue weighted by molar-refractivity contribution is 5.91. The molecule has 0 saturated carbocycles. The minimum Gasteiger partial charge on any atom is -0.452 e. The van der Waals surface area contributed by atoms with Crippen molar-refractivity contribution in [2.75, 3.05) is 13.7 Å². The molecule has 0 bridgehead atoms. The molecule has 2 aromatic carbocycles. The van der Waals surface area contributed by atoms with E-state index in [0.29, 0.717) is 5.56 Å². The summed E-state index contributed by atoms with van der Waals surface area (Å²) in [4.78, 5) is 35.2. The number of nitro benzene ring substituents is 1. The lowest BCUT2D eigenvalue weighted by Gasteiger charge is -2.17. The van der Waals surface area contributed by atoms with Gasteiger partial charge in [0.05, 0.1) is 10.5 Å². The third-order valence-electron chi connectivity index (χ3n) is 3.35. The fraction of sp³-hybridized carbons (Fsp3) is 0.176. The molecule has 0 spiro atoms. The molecule has 25 heavy (non-hydrogen) atoms. The van der Waals surface area contributed by atoms with Crippen LogP contribution in [0.3, 0.4) is 0 Å². The summed E-state index contributed by atoms with van der Waals surface area (Å²) in [5.41, 5.74) is 0.333. The molecule has 0 N–H and O–H groups in total. The zero-order chi connectivity index (χ0) is 18.4. The Bertz CT molecular complexity index is 809. The van der Waals surface area contributed by atoms with Crippen LogP contribution in [-0.2, 0) is 16.1 Å². The summed E-state index contributed by atoms with van der Waals surface area (Å²) in [6, 6.07) is 10.8. The smallest absolute Gasteiger partial charge is 0.338 e. The summed E-state index contributed by atoms with van der Waals surface area (Å²) in [7, 11) is 1.49. The fourth-order valence-electron chi connectivity index (χ4n) is 2.06. The highest BCUT2D eigenvalue weighted by Crippen LogP contribution is 2.14. The monoisotopic (exact) mass is 346 g/mol. The minimum absolute atomic E-state index is 0.0187. The summed E-state index contributed by atoms with van der Waals surface area (Å²) in [5.74, 6) is -1.73. The molecule has 0 fully saturated rings. The van der Waals surface area contributed by atoms with Gasteiger partial charge in [0.15, 0.2) is 6.61 Å². The van der Waals surface area contributed by atoms with Crippen LogP contribution in [-0.4, -0.2) is 35.4 Å². The predicted octanol–water partition coefficient (Wildman–Crippen LogP) is 2.55. The van der Waals surface area contributed by atoms with E-state index < -0.39 is 29.2 Å². The molecule has 0 unspecified atom stereocenters. The van der Waals surface area contributed by atoms with E-state index in [9.17, 15) is 24.1 Å². The molecular weight excluding hydrogens is 331 g/mol. The van der Waals surface area contributed by atoms with Gasteiger partial charge in [-0.05, 0) is 23.8 Å². The number of likely N-dealkylation sites (N-methyl/N-ethyl adjacent to an activating group) is 1. The molecule has 2 rings (SSSR count). The highest BCUT2D eigenvalue weighted by atomic mass is 19.1. The number of carbonyl (C=O) groups excluding carboxylic acids is 2. The third-order valence-corrected chi connectivity index (χ3v) is 3.35. The maximum absolute atomic E-state index is 13.1. The molecule has 0 saturated heterocycles. The van der Waals surface area contributed by atoms with Crippen molar-refractivity contribution in [3.63, 3.8) is 0 Å². The first-order chi connectivity index (χ1) is 11.9. The van der Waals surface area contributed by atoms with Crippen molar-refractivity contribution in [2.24, 2.45) is 0 Å². The van der Waals surface area contributed by atoms with Gasteiger partial charge in [-0.2, -0.15) is 0 Å². The first-order valence-corrected chi connectivity index (χ1v) is 7.27. The maximum Gasteiger partial charge on any atom is 0.338 e. The maximum atomic E-state index is 13.1. The van der Waals surface area contributed by atoms with E-state index in [-0.39, 0.29) is 17.8 Å². The first kappa shape index (κ1) is 18.1. The summed E-state index contributed by atoms with van der Waals surface area (Å²) in [6.07, 6.45) is 0. The van der Waals surface area contributed by atoms with Gasteiger partial charge in [-0.3, -0.25) is 14.9 Å². The Morgan fingerprint density at radius 2 is 1.92 bits per heavy atom. The van der Waals surface area contributed by atoms with Gasteiger partial charge in [0.1, 0.15) is 5.82 Å². The topological polar surface area (TPSA) is 89.8 Å². The van der Waals surface area contributed by atoms with Crippen LogP contribution < -0.4 is 0 Å². The van der Waals surface area contributed by atoms with Crippen LogP contribution in [0, 0.1) is 15.9 Å². The van der Waals surface area contributed by atoms with Crippen LogP contribution in [0.25, 0.3) is 0 Å². The molecule has 0 aromatic heterocycles. The summed E-state index contributed by atoms with van der Waals surface area (Å²) in [5, 5.41) is 10.7. The van der Waals surface area contributed by atoms with E-state index in [1.54, 1.807) is 6.07 Å². The molecule has 130 valence electrons. The van der Waals surface area contributed by atoms with Crippen molar-refractivity contribution >= 4 is 17.6 Å². The highest BCUT2D eigenvalue weighted by Gasteiger charge is 2.16. The molecule has 2 aromatic rings. The Hall–Kier alpha value is -3.29. The second-order valence-electron chi connectivity index (χ2n) is 5.26. The molecule has 0 aliphatic carbocycles. The third kappa shape index (κ3) is 5.10. The van der Waals surface area contributed by atoms with Gasteiger partial charge in [0.25, 0.3) is 11.6 Å². The van der Waals surface area contributed by atoms with E-state index in [4.69, 9.17) is 4.74 Å². The first-order valence-electron chi connectivity index (χ1n) is 7.27. The van der Waals surface area contributed by atoms with Gasteiger partial charge >= 0.3 is 5.97 Å². The van der Waals surface area contributed by atoms with Crippen LogP contribution >= 0.6 is 0 Å². The van der Waals surface area contributed by atoms with Gasteiger partial charge < -0.3 is 9.64 Å². The number of nitrogens with zero attached hydrogens (tertiary/aromatic N) is 2. The number of hydrogen-bond donors (Lipinski definition) is 0. The van der Waals surface area contributed by atoms with Crippen LogP contribution in [0.15, 0.2) is 48.5 Å². The van der Waals surface area contributed by atoms with Gasteiger partial charge in [-0.15, -0.1) is 0 Å². The molecular formula is C17H15FN2O5. The lowest BCUT2D eigenvalue weighted by molar-refractivity contribution is -0.384. The number of hydrogen-bond acceptors (Lipinski definition) is 5. The number of rotatable bonds is 6. The second kappa shape index (κ2) is 8.00. The molecule has 1 amide bonds. The Labute approximate surface area is 142 Å². The molecule has 8 heteroatoms. The lowest BCUT2D eigenvalue weighted by atomic mass is 10.2. The van der Waals surface area contributed by atoms with Crippen molar-refractivity contribution in [1.82, 2.24) is 4.90 Å². The van der Waals surface area contributed by atoms with E-state index in [0.717, 1.165) is 6.07 Å². The molecule has 0 radical (unpaired) electrons. The normalized spacial score (nSPS) is 10.2. The number of amides is 1. The van der Waals surface area contributed by atoms with Crippen molar-refractivity contribution in [2.45, 2.75) is 6.54 Å². The largest absolute Gasteiger partial charge is 0.452 e. The van der Waals surface area contributed by atoms with Gasteiger partial charge in [0.2, 0.25) is 0 Å². The molecule has 7 nitrogen and oxygen atoms in total. The van der Waals surface area contributed by atoms with Crippen molar-refractivity contribution < 1.29 is 23.6 Å². The van der Waals surface area contributed by atoms with Gasteiger partial charge in [-0.1, -0.05) is 18.2 Å². The summed E-state index contributed by atoms with van der Waals surface area (Å²) >= 11 is 0. The van der Waals surface area contributed by atoms with Crippen LogP contribution in [0.1, 0.15) is 15.9 Å². The lowest BCUT2D eigenvalue weighted by Crippen LogP contribution is -2.30. The van der Waals surface area contributed by atoms with E-state index in [1.165, 1.54) is 48.3 Å². The number of carbonyl (C=O) groups is 2. The Kier molecular flexibility index (Phi) is 5.78. The van der Waals surface area contributed by atoms with Gasteiger partial charge in [-0.25, -0.2) is 9.18 Å². The quantitative estimate of drug-likeness (QED) is 0.455. The average Bonchev–Trinajstić information content (AvgIpc) is 2.59. The Balaban J connectivity index is 1.91. The molecule has 0 aliphatic heterocycles. The number of halogens is 1. The molecule has 0 atom stereocenters. The standard InChI is InChI=1S/C17H15FN2O5/c1-19(10-12-4-2-6-14(18)8-12)16(21)11-25-17(22)13-5-3-7-15(9-13)20(23)24/h2-9H,10-11H2,1H3. The fourth-order valence-corrected chi connectivity index (χ4v) is 2.06. The second-order valence-corrected chi connectivity index (χ2v) is 5.26. The predicted molar refractivity (Wildman–Crippen MR) is 86.3 cm³/mol. The van der Waals surface area contributed by atoms with Crippen LogP contribution in [0.4, 0.5) is 10.1 Å². The number of ether oxygens (including phenoxy) is 1. The van der Waals surface area contributed by atoms with Crippen LogP contribution in [0.5, 0.6) is 0 Å². The average molecular weight is 346 g/mol. The summed E-state index contributed by atoms with van der Waals surface area (Å²) < 4.78 is 18.0. The Morgan fingerprint density at radius 1 is 1.20 bits per heavy atom. The zero-order valence-electron chi connectivity index (χ0n) is 13.3. The van der Waals surface area contributed by atoms with Crippen molar-refractivity contribution in [3.05, 3.63) is 75.6 Å². The van der Waals surface area contributed by atoms with Gasteiger partial charge in [0, 0.05) is 25.7 Å². The minimum atomic E-state index is -0.837. The summed E-state index contributed by atoms with van der Waals surface area (Å²) in [6.45, 7) is -0.363.